The molecule has 0 aliphatic heterocycles. The lowest BCUT2D eigenvalue weighted by molar-refractivity contribution is 0.415. The number of halogens is 1. The normalized spacial score (nSPS) is 11.0. The summed E-state index contributed by atoms with van der Waals surface area (Å²) >= 11 is 4.90. The van der Waals surface area contributed by atoms with E-state index in [4.69, 9.17) is 4.74 Å². The number of benzene rings is 2. The third-order valence-corrected chi connectivity index (χ3v) is 5.64. The zero-order valence-corrected chi connectivity index (χ0v) is 16.4. The Kier molecular flexibility index (Phi) is 4.61. The van der Waals surface area contributed by atoms with Gasteiger partial charge in [0.15, 0.2) is 0 Å². The van der Waals surface area contributed by atoms with Gasteiger partial charge in [-0.3, -0.25) is 9.36 Å². The molecule has 130 valence electrons. The summed E-state index contributed by atoms with van der Waals surface area (Å²) in [6.45, 7) is 0.497. The van der Waals surface area contributed by atoms with E-state index in [2.05, 4.69) is 20.9 Å². The van der Waals surface area contributed by atoms with Crippen LogP contribution in [0.25, 0.3) is 21.3 Å². The van der Waals surface area contributed by atoms with E-state index in [1.54, 1.807) is 18.0 Å². The van der Waals surface area contributed by atoms with Crippen molar-refractivity contribution in [2.75, 3.05) is 7.11 Å². The second-order valence-electron chi connectivity index (χ2n) is 5.86. The second kappa shape index (κ2) is 7.05. The van der Waals surface area contributed by atoms with Gasteiger partial charge in [-0.25, -0.2) is 4.98 Å². The van der Waals surface area contributed by atoms with E-state index < -0.39 is 0 Å². The van der Waals surface area contributed by atoms with E-state index >= 15 is 0 Å². The molecule has 0 unspecified atom stereocenters. The number of thiophene rings is 1. The molecule has 0 saturated carbocycles. The van der Waals surface area contributed by atoms with Gasteiger partial charge in [-0.2, -0.15) is 0 Å². The van der Waals surface area contributed by atoms with Crippen LogP contribution in [0.5, 0.6) is 5.75 Å². The van der Waals surface area contributed by atoms with Gasteiger partial charge in [0.2, 0.25) is 0 Å². The molecule has 6 heteroatoms. The largest absolute Gasteiger partial charge is 0.497 e. The summed E-state index contributed by atoms with van der Waals surface area (Å²) in [7, 11) is 1.64. The Labute approximate surface area is 162 Å². The van der Waals surface area contributed by atoms with Gasteiger partial charge in [0, 0.05) is 15.4 Å². The van der Waals surface area contributed by atoms with Gasteiger partial charge in [-0.05, 0) is 35.4 Å². The van der Waals surface area contributed by atoms with Crippen LogP contribution >= 0.6 is 27.3 Å². The highest BCUT2D eigenvalue weighted by atomic mass is 79.9. The molecule has 0 amide bonds. The van der Waals surface area contributed by atoms with Gasteiger partial charge in [-0.1, -0.05) is 40.2 Å². The first-order chi connectivity index (χ1) is 12.7. The molecule has 4 nitrogen and oxygen atoms in total. The zero-order valence-electron chi connectivity index (χ0n) is 14.0. The fourth-order valence-electron chi connectivity index (χ4n) is 2.86. The average Bonchev–Trinajstić information content (AvgIpc) is 3.09. The molecular formula is C20H15BrN2O2S. The Hall–Kier alpha value is -2.44. The van der Waals surface area contributed by atoms with Crippen LogP contribution in [0.2, 0.25) is 0 Å². The molecule has 2 aromatic carbocycles. The van der Waals surface area contributed by atoms with Gasteiger partial charge >= 0.3 is 0 Å². The maximum absolute atomic E-state index is 12.9. The van der Waals surface area contributed by atoms with E-state index in [1.807, 2.05) is 53.9 Å². The highest BCUT2D eigenvalue weighted by molar-refractivity contribution is 9.10. The summed E-state index contributed by atoms with van der Waals surface area (Å²) in [6.07, 6.45) is 1.63. The molecule has 0 aliphatic carbocycles. The van der Waals surface area contributed by atoms with Crippen molar-refractivity contribution in [2.45, 2.75) is 6.54 Å². The number of ether oxygens (including phenoxy) is 1. The van der Waals surface area contributed by atoms with Crippen molar-refractivity contribution < 1.29 is 4.74 Å². The molecule has 4 rings (SSSR count). The van der Waals surface area contributed by atoms with Crippen molar-refractivity contribution in [3.63, 3.8) is 0 Å². The van der Waals surface area contributed by atoms with E-state index in [-0.39, 0.29) is 5.56 Å². The molecule has 0 radical (unpaired) electrons. The lowest BCUT2D eigenvalue weighted by Gasteiger charge is -2.06. The minimum absolute atomic E-state index is 0.0141. The van der Waals surface area contributed by atoms with Gasteiger partial charge in [0.25, 0.3) is 5.56 Å². The molecular weight excluding hydrogens is 412 g/mol. The summed E-state index contributed by atoms with van der Waals surface area (Å²) in [5.41, 5.74) is 3.78. The molecule has 4 aromatic rings. The number of methoxy groups -OCH3 is 1. The Morgan fingerprint density at radius 2 is 2.00 bits per heavy atom. The van der Waals surface area contributed by atoms with E-state index in [1.165, 1.54) is 11.3 Å². The van der Waals surface area contributed by atoms with Crippen LogP contribution in [0.15, 0.2) is 69.5 Å². The van der Waals surface area contributed by atoms with E-state index in [9.17, 15) is 4.79 Å². The fourth-order valence-corrected chi connectivity index (χ4v) is 4.28. The van der Waals surface area contributed by atoms with Crippen molar-refractivity contribution >= 4 is 37.5 Å². The molecule has 0 spiro atoms. The monoisotopic (exact) mass is 426 g/mol. The maximum atomic E-state index is 12.9. The Morgan fingerprint density at radius 1 is 1.19 bits per heavy atom. The minimum Gasteiger partial charge on any atom is -0.497 e. The lowest BCUT2D eigenvalue weighted by Crippen LogP contribution is -2.20. The third kappa shape index (κ3) is 3.18. The van der Waals surface area contributed by atoms with Crippen molar-refractivity contribution in [3.8, 4) is 16.9 Å². The number of rotatable bonds is 4. The minimum atomic E-state index is -0.0141. The zero-order chi connectivity index (χ0) is 18.1. The Morgan fingerprint density at radius 3 is 2.73 bits per heavy atom. The second-order valence-corrected chi connectivity index (χ2v) is 7.66. The molecule has 0 bridgehead atoms. The predicted octanol–water partition coefficient (Wildman–Crippen LogP) is 4.94. The number of aromatic nitrogens is 2. The standard InChI is InChI=1S/C20H15BrN2O2S/c1-25-16-7-5-14(6-8-16)17-11-26-19-18(17)22-12-23(20(19)24)10-13-3-2-4-15(21)9-13/h2-9,11-12H,10H2,1H3. The van der Waals surface area contributed by atoms with Gasteiger partial charge in [0.1, 0.15) is 10.4 Å². The first-order valence-electron chi connectivity index (χ1n) is 8.01. The highest BCUT2D eigenvalue weighted by Crippen LogP contribution is 2.31. The lowest BCUT2D eigenvalue weighted by atomic mass is 10.1. The molecule has 2 heterocycles. The van der Waals surface area contributed by atoms with Crippen LogP contribution in [0.4, 0.5) is 0 Å². The summed E-state index contributed by atoms with van der Waals surface area (Å²) in [5, 5.41) is 1.99. The fraction of sp³-hybridized carbons (Fsp3) is 0.100. The number of hydrogen-bond acceptors (Lipinski definition) is 4. The topological polar surface area (TPSA) is 44.1 Å². The van der Waals surface area contributed by atoms with Crippen LogP contribution in [0.3, 0.4) is 0 Å². The molecule has 2 aromatic heterocycles. The SMILES string of the molecule is COc1ccc(-c2csc3c(=O)n(Cc4cccc(Br)c4)cnc23)cc1. The van der Waals surface area contributed by atoms with Gasteiger partial charge in [-0.15, -0.1) is 11.3 Å². The molecule has 0 atom stereocenters. The van der Waals surface area contributed by atoms with Gasteiger partial charge < -0.3 is 4.74 Å². The average molecular weight is 427 g/mol. The highest BCUT2D eigenvalue weighted by Gasteiger charge is 2.13. The first-order valence-corrected chi connectivity index (χ1v) is 9.68. The maximum Gasteiger partial charge on any atom is 0.271 e. The molecule has 0 N–H and O–H groups in total. The summed E-state index contributed by atoms with van der Waals surface area (Å²) < 4.78 is 8.53. The van der Waals surface area contributed by atoms with E-state index in [0.717, 1.165) is 32.4 Å². The molecule has 0 aliphatic rings. The van der Waals surface area contributed by atoms with Crippen LogP contribution < -0.4 is 10.3 Å². The number of nitrogens with zero attached hydrogens (tertiary/aromatic N) is 2. The van der Waals surface area contributed by atoms with Crippen molar-refractivity contribution in [1.82, 2.24) is 9.55 Å². The summed E-state index contributed by atoms with van der Waals surface area (Å²) in [4.78, 5) is 17.4. The van der Waals surface area contributed by atoms with Crippen molar-refractivity contribution in [1.29, 1.82) is 0 Å². The number of fused-ring (bicyclic) bond motifs is 1. The predicted molar refractivity (Wildman–Crippen MR) is 109 cm³/mol. The van der Waals surface area contributed by atoms with Crippen molar-refractivity contribution in [2.24, 2.45) is 0 Å². The molecule has 26 heavy (non-hydrogen) atoms. The van der Waals surface area contributed by atoms with Crippen LogP contribution in [-0.2, 0) is 6.54 Å². The van der Waals surface area contributed by atoms with Gasteiger partial charge in [0.05, 0.1) is 25.5 Å². The first kappa shape index (κ1) is 17.0. The molecule has 0 saturated heterocycles. The Balaban J connectivity index is 1.74. The third-order valence-electron chi connectivity index (χ3n) is 4.19. The van der Waals surface area contributed by atoms with Crippen LogP contribution in [0, 0.1) is 0 Å². The van der Waals surface area contributed by atoms with Crippen LogP contribution in [-0.4, -0.2) is 16.7 Å². The molecule has 0 fully saturated rings. The van der Waals surface area contributed by atoms with Crippen molar-refractivity contribution in [3.05, 3.63) is 80.6 Å². The number of hydrogen-bond donors (Lipinski definition) is 0. The van der Waals surface area contributed by atoms with E-state index in [0.29, 0.717) is 11.2 Å². The summed E-state index contributed by atoms with van der Waals surface area (Å²) in [5.74, 6) is 0.803. The smallest absolute Gasteiger partial charge is 0.271 e. The quantitative estimate of drug-likeness (QED) is 0.463. The van der Waals surface area contributed by atoms with Crippen LogP contribution in [0.1, 0.15) is 5.56 Å². The Bertz CT molecular complexity index is 1130. The summed E-state index contributed by atoms with van der Waals surface area (Å²) in [6, 6.07) is 15.7.